The molecule has 7 heteroatoms. The zero-order chi connectivity index (χ0) is 17.1. The van der Waals surface area contributed by atoms with Crippen LogP contribution < -0.4 is 15.3 Å². The number of hydrogen-bond acceptors (Lipinski definition) is 4. The molecule has 3 rings (SSSR count). The fraction of sp³-hybridized carbons (Fsp3) is 0.176. The fourth-order valence-electron chi connectivity index (χ4n) is 2.49. The second-order valence-electron chi connectivity index (χ2n) is 5.12. The van der Waals surface area contributed by atoms with Crippen LogP contribution in [0.2, 0.25) is 0 Å². The van der Waals surface area contributed by atoms with Crippen molar-refractivity contribution in [2.75, 3.05) is 6.61 Å². The van der Waals surface area contributed by atoms with Crippen molar-refractivity contribution in [3.63, 3.8) is 0 Å². The molecule has 0 aliphatic rings. The van der Waals surface area contributed by atoms with Gasteiger partial charge in [0.05, 0.1) is 6.61 Å². The molecule has 0 aliphatic heterocycles. The van der Waals surface area contributed by atoms with Gasteiger partial charge >= 0.3 is 11.6 Å². The van der Waals surface area contributed by atoms with E-state index in [4.69, 9.17) is 10.1 Å². The average Bonchev–Trinajstić information content (AvgIpc) is 3.00. The number of benzene rings is 1. The molecule has 0 unspecified atom stereocenters. The Morgan fingerprint density at radius 1 is 1.42 bits per heavy atom. The molecule has 2 heterocycles. The summed E-state index contributed by atoms with van der Waals surface area (Å²) in [7, 11) is 0. The Hall–Kier alpha value is -3.31. The van der Waals surface area contributed by atoms with E-state index in [0.717, 1.165) is 5.56 Å². The highest BCUT2D eigenvalue weighted by molar-refractivity contribution is 5.88. The van der Waals surface area contributed by atoms with Gasteiger partial charge in [0.15, 0.2) is 5.36 Å². The number of nitrogens with one attached hydrogen (secondary N) is 1. The lowest BCUT2D eigenvalue weighted by Gasteiger charge is -2.01. The zero-order valence-electron chi connectivity index (χ0n) is 13.1. The van der Waals surface area contributed by atoms with Crippen LogP contribution in [0.3, 0.4) is 0 Å². The zero-order valence-corrected chi connectivity index (χ0v) is 13.1. The monoisotopic (exact) mass is 321 g/mol. The van der Waals surface area contributed by atoms with Crippen molar-refractivity contribution in [2.45, 2.75) is 13.5 Å². The van der Waals surface area contributed by atoms with Crippen molar-refractivity contribution < 1.29 is 14.2 Å². The molecule has 24 heavy (non-hydrogen) atoms. The summed E-state index contributed by atoms with van der Waals surface area (Å²) >= 11 is 0. The number of rotatable bonds is 4. The standard InChI is InChI=1S/C17H15N5O2/c1-2-24-17(23)14-8-13(9-18)15(19)16-21(14)11-20-22(16)10-12-6-4-3-5-7-12/h3-8,11,19H,2,10H2,1H3. The van der Waals surface area contributed by atoms with E-state index in [9.17, 15) is 10.2 Å². The SMILES string of the molecule is CCOC(=O)c1cc(=C=[N-])c(=N)c2n1cn[n+]2Cc1ccccc1. The minimum atomic E-state index is -0.553. The van der Waals surface area contributed by atoms with E-state index in [-0.39, 0.29) is 22.9 Å². The normalized spacial score (nSPS) is 10.5. The van der Waals surface area contributed by atoms with Gasteiger partial charge in [0.25, 0.3) is 0 Å². The maximum Gasteiger partial charge on any atom is 0.379 e. The third-order valence-corrected chi connectivity index (χ3v) is 3.59. The van der Waals surface area contributed by atoms with Crippen molar-refractivity contribution >= 4 is 17.5 Å². The molecule has 0 radical (unpaired) electrons. The topological polar surface area (TPSA) is 93.6 Å². The Morgan fingerprint density at radius 3 is 2.83 bits per heavy atom. The molecule has 0 fully saturated rings. The number of pyridine rings is 1. The van der Waals surface area contributed by atoms with Crippen LogP contribution in [-0.4, -0.2) is 27.9 Å². The summed E-state index contributed by atoms with van der Waals surface area (Å²) in [5, 5.41) is 21.9. The lowest BCUT2D eigenvalue weighted by molar-refractivity contribution is -0.720. The van der Waals surface area contributed by atoms with Crippen molar-refractivity contribution in [3.8, 4) is 0 Å². The fourth-order valence-corrected chi connectivity index (χ4v) is 2.49. The van der Waals surface area contributed by atoms with Crippen molar-refractivity contribution in [2.24, 2.45) is 0 Å². The van der Waals surface area contributed by atoms with E-state index in [0.29, 0.717) is 12.2 Å². The number of aromatic nitrogens is 3. The molecular weight excluding hydrogens is 306 g/mol. The van der Waals surface area contributed by atoms with Crippen LogP contribution in [-0.2, 0) is 11.3 Å². The average molecular weight is 321 g/mol. The highest BCUT2D eigenvalue weighted by atomic mass is 16.5. The van der Waals surface area contributed by atoms with Crippen LogP contribution in [0, 0.1) is 5.41 Å². The van der Waals surface area contributed by atoms with Gasteiger partial charge in [-0.15, -0.1) is 4.68 Å². The highest BCUT2D eigenvalue weighted by Crippen LogP contribution is 2.02. The molecule has 0 spiro atoms. The van der Waals surface area contributed by atoms with Gasteiger partial charge in [0.2, 0.25) is 12.0 Å². The van der Waals surface area contributed by atoms with Crippen molar-refractivity contribution in [1.29, 1.82) is 5.41 Å². The molecule has 7 nitrogen and oxygen atoms in total. The molecule has 3 aromatic rings. The van der Waals surface area contributed by atoms with E-state index in [1.54, 1.807) is 11.6 Å². The van der Waals surface area contributed by atoms with Gasteiger partial charge in [-0.3, -0.25) is 11.3 Å². The Kier molecular flexibility index (Phi) is 4.18. The number of carbonyl (C=O) groups is 1. The molecule has 2 aromatic heterocycles. The molecule has 120 valence electrons. The van der Waals surface area contributed by atoms with Crippen LogP contribution in [0.5, 0.6) is 0 Å². The van der Waals surface area contributed by atoms with E-state index in [1.807, 2.05) is 36.2 Å². The first-order valence-electron chi connectivity index (χ1n) is 7.42. The molecule has 0 saturated heterocycles. The third kappa shape index (κ3) is 2.68. The number of nitrogens with zero attached hydrogens (tertiary/aromatic N) is 4. The first-order chi connectivity index (χ1) is 11.7. The summed E-state index contributed by atoms with van der Waals surface area (Å²) in [6.45, 7) is 2.37. The Bertz CT molecular complexity index is 1040. The summed E-state index contributed by atoms with van der Waals surface area (Å²) in [6, 6.07) is 11.0. The second kappa shape index (κ2) is 6.44. The molecule has 0 aliphatic carbocycles. The smallest absolute Gasteiger partial charge is 0.379 e. The van der Waals surface area contributed by atoms with Crippen LogP contribution >= 0.6 is 0 Å². The second-order valence-corrected chi connectivity index (χ2v) is 5.12. The number of carbonyl (C=O) groups excluding carboxylic acids is 1. The van der Waals surface area contributed by atoms with E-state index in [2.05, 4.69) is 5.10 Å². The minimum absolute atomic E-state index is 0.0268. The molecule has 0 bridgehead atoms. The molecular formula is C17H15N5O2. The van der Waals surface area contributed by atoms with Gasteiger partial charge in [-0.25, -0.2) is 4.79 Å². The van der Waals surface area contributed by atoms with Crippen LogP contribution in [0.4, 0.5) is 0 Å². The molecule has 0 saturated carbocycles. The van der Waals surface area contributed by atoms with E-state index < -0.39 is 5.97 Å². The summed E-state index contributed by atoms with van der Waals surface area (Å²) in [5.41, 5.74) is 1.56. The lowest BCUT2D eigenvalue weighted by atomic mass is 10.2. The van der Waals surface area contributed by atoms with Gasteiger partial charge in [0.1, 0.15) is 6.54 Å². The molecule has 1 aromatic carbocycles. The molecule has 0 amide bonds. The van der Waals surface area contributed by atoms with Gasteiger partial charge in [0, 0.05) is 11.3 Å². The van der Waals surface area contributed by atoms with Crippen molar-refractivity contribution in [1.82, 2.24) is 9.50 Å². The van der Waals surface area contributed by atoms with E-state index in [1.165, 1.54) is 16.8 Å². The minimum Gasteiger partial charge on any atom is -0.763 e. The van der Waals surface area contributed by atoms with Gasteiger partial charge in [-0.2, -0.15) is 4.40 Å². The number of ether oxygens (including phenoxy) is 1. The third-order valence-electron chi connectivity index (χ3n) is 3.59. The van der Waals surface area contributed by atoms with Crippen LogP contribution in [0.15, 0.2) is 42.7 Å². The van der Waals surface area contributed by atoms with Crippen molar-refractivity contribution in [3.05, 3.63) is 70.0 Å². The maximum absolute atomic E-state index is 12.2. The Balaban J connectivity index is 2.24. The highest BCUT2D eigenvalue weighted by Gasteiger charge is 2.23. The van der Waals surface area contributed by atoms with E-state index >= 15 is 0 Å². The summed E-state index contributed by atoms with van der Waals surface area (Å²) < 4.78 is 8.12. The van der Waals surface area contributed by atoms with Gasteiger partial charge < -0.3 is 10.1 Å². The predicted octanol–water partition coefficient (Wildman–Crippen LogP) is -0.0441. The predicted molar refractivity (Wildman–Crippen MR) is 85.4 cm³/mol. The first kappa shape index (κ1) is 15.6. The largest absolute Gasteiger partial charge is 0.763 e. The summed E-state index contributed by atoms with van der Waals surface area (Å²) in [4.78, 5) is 12.2. The number of esters is 1. The lowest BCUT2D eigenvalue weighted by Crippen LogP contribution is -2.44. The Morgan fingerprint density at radius 2 is 2.17 bits per heavy atom. The molecule has 0 atom stereocenters. The number of fused-ring (bicyclic) bond motifs is 1. The molecule has 1 N–H and O–H groups in total. The van der Waals surface area contributed by atoms with Gasteiger partial charge in [-0.1, -0.05) is 30.3 Å². The van der Waals surface area contributed by atoms with Gasteiger partial charge in [-0.05, 0) is 17.6 Å². The first-order valence-corrected chi connectivity index (χ1v) is 7.42. The van der Waals surface area contributed by atoms with Crippen LogP contribution in [0.1, 0.15) is 23.0 Å². The Labute approximate surface area is 137 Å². The summed E-state index contributed by atoms with van der Waals surface area (Å²) in [6.07, 6.45) is 1.46. The number of hydrogen-bond donors (Lipinski definition) is 1. The maximum atomic E-state index is 12.2. The summed E-state index contributed by atoms with van der Waals surface area (Å²) in [5.74, 6) is 1.40. The van der Waals surface area contributed by atoms with Crippen LogP contribution in [0.25, 0.3) is 11.1 Å². The quantitative estimate of drug-likeness (QED) is 0.415.